The van der Waals surface area contributed by atoms with Crippen molar-refractivity contribution in [3.63, 3.8) is 0 Å². The molecular formula is C18H13O4Si-. The van der Waals surface area contributed by atoms with Gasteiger partial charge in [-0.3, -0.25) is 0 Å². The number of hydrogen-bond acceptors (Lipinski definition) is 4. The zero-order valence-corrected chi connectivity index (χ0v) is 13.1. The van der Waals surface area contributed by atoms with Gasteiger partial charge in [0.1, 0.15) is 0 Å². The standard InChI is InChI=1S/C18H13O4Si/c1-2-8-14(9-3-1)23(19-15-10-4-5-11-16(15)20-23)21-17-12-6-7-13-18(17)22-23/h1-13H/q-1. The Bertz CT molecular complexity index is 797. The molecule has 3 aromatic carbocycles. The monoisotopic (exact) mass is 321 g/mol. The predicted octanol–water partition coefficient (Wildman–Crippen LogP) is 3.23. The quantitative estimate of drug-likeness (QED) is 0.645. The first kappa shape index (κ1) is 12.6. The van der Waals surface area contributed by atoms with E-state index in [9.17, 15) is 0 Å². The van der Waals surface area contributed by atoms with Crippen LogP contribution >= 0.6 is 0 Å². The van der Waals surface area contributed by atoms with E-state index < -0.39 is 8.33 Å². The van der Waals surface area contributed by atoms with E-state index in [0.29, 0.717) is 23.0 Å². The van der Waals surface area contributed by atoms with Crippen LogP contribution < -0.4 is 22.9 Å². The SMILES string of the molecule is c1ccc([Si-]23(Oc4ccccc4O2)Oc2ccccc2O3)cc1. The molecule has 0 aromatic heterocycles. The van der Waals surface area contributed by atoms with Gasteiger partial charge >= 0.3 is 133 Å². The van der Waals surface area contributed by atoms with Gasteiger partial charge in [-0.25, -0.2) is 0 Å². The molecule has 23 heavy (non-hydrogen) atoms. The molecule has 1 spiro atoms. The van der Waals surface area contributed by atoms with Crippen molar-refractivity contribution in [2.45, 2.75) is 0 Å². The minimum atomic E-state index is -4.31. The molecule has 0 fully saturated rings. The molecule has 2 aliphatic rings. The van der Waals surface area contributed by atoms with Crippen molar-refractivity contribution in [3.8, 4) is 23.0 Å². The van der Waals surface area contributed by atoms with Crippen LogP contribution in [0.3, 0.4) is 0 Å². The molecule has 4 nitrogen and oxygen atoms in total. The van der Waals surface area contributed by atoms with Crippen LogP contribution in [0.4, 0.5) is 0 Å². The van der Waals surface area contributed by atoms with Gasteiger partial charge in [-0.05, 0) is 0 Å². The van der Waals surface area contributed by atoms with Gasteiger partial charge in [-0.15, -0.1) is 0 Å². The summed E-state index contributed by atoms with van der Waals surface area (Å²) in [5.41, 5.74) is 0. The number of fused-ring (bicyclic) bond motifs is 2. The average Bonchev–Trinajstić information content (AvgIpc) is 3.11. The number of para-hydroxylation sites is 4. The fourth-order valence-electron chi connectivity index (χ4n) is 3.07. The summed E-state index contributed by atoms with van der Waals surface area (Å²) in [4.78, 5) is 0. The Balaban J connectivity index is 1.75. The topological polar surface area (TPSA) is 36.9 Å². The molecule has 2 heterocycles. The Labute approximate surface area is 133 Å². The fourth-order valence-corrected chi connectivity index (χ4v) is 6.72. The van der Waals surface area contributed by atoms with E-state index in [1.807, 2.05) is 78.9 Å². The molecule has 0 bridgehead atoms. The van der Waals surface area contributed by atoms with Gasteiger partial charge in [-0.1, -0.05) is 0 Å². The normalized spacial score (nSPS) is 19.9. The molecule has 0 N–H and O–H groups in total. The van der Waals surface area contributed by atoms with Gasteiger partial charge in [-0.2, -0.15) is 0 Å². The van der Waals surface area contributed by atoms with Crippen molar-refractivity contribution in [2.24, 2.45) is 0 Å². The molecular weight excluding hydrogens is 308 g/mol. The Hall–Kier alpha value is -2.92. The maximum atomic E-state index is 6.30. The molecule has 5 heteroatoms. The predicted molar refractivity (Wildman–Crippen MR) is 87.2 cm³/mol. The molecule has 0 aliphatic carbocycles. The summed E-state index contributed by atoms with van der Waals surface area (Å²) in [7, 11) is -4.31. The summed E-state index contributed by atoms with van der Waals surface area (Å²) in [5, 5.41) is 0.778. The van der Waals surface area contributed by atoms with Crippen LogP contribution in [0.25, 0.3) is 0 Å². The van der Waals surface area contributed by atoms with Crippen LogP contribution in [0.5, 0.6) is 23.0 Å². The Morgan fingerprint density at radius 3 is 1.17 bits per heavy atom. The zero-order valence-electron chi connectivity index (χ0n) is 12.1. The number of benzene rings is 3. The first-order valence-corrected chi connectivity index (χ1v) is 9.58. The van der Waals surface area contributed by atoms with Gasteiger partial charge in [0.05, 0.1) is 0 Å². The Morgan fingerprint density at radius 2 is 0.783 bits per heavy atom. The summed E-state index contributed by atoms with van der Waals surface area (Å²) in [5.74, 6) is 2.55. The van der Waals surface area contributed by atoms with Crippen LogP contribution in [-0.4, -0.2) is 8.33 Å². The van der Waals surface area contributed by atoms with E-state index in [1.165, 1.54) is 0 Å². The van der Waals surface area contributed by atoms with Gasteiger partial charge < -0.3 is 0 Å². The van der Waals surface area contributed by atoms with Crippen molar-refractivity contribution < 1.29 is 17.7 Å². The van der Waals surface area contributed by atoms with Gasteiger partial charge in [0.25, 0.3) is 0 Å². The molecule has 2 aliphatic heterocycles. The Kier molecular flexibility index (Phi) is 2.24. The third kappa shape index (κ3) is 1.59. The summed E-state index contributed by atoms with van der Waals surface area (Å²) in [6.45, 7) is 0. The number of rotatable bonds is 1. The zero-order chi connectivity index (χ0) is 15.4. The van der Waals surface area contributed by atoms with Crippen LogP contribution in [0.1, 0.15) is 0 Å². The van der Waals surface area contributed by atoms with E-state index in [1.54, 1.807) is 0 Å². The molecule has 5 rings (SSSR count). The fraction of sp³-hybridized carbons (Fsp3) is 0. The third-order valence-corrected chi connectivity index (χ3v) is 7.65. The summed E-state index contributed by atoms with van der Waals surface area (Å²) in [6.07, 6.45) is 0. The number of hydrogen-bond donors (Lipinski definition) is 0. The molecule has 0 saturated heterocycles. The van der Waals surface area contributed by atoms with Crippen molar-refractivity contribution in [1.82, 2.24) is 0 Å². The second kappa shape index (κ2) is 4.08. The van der Waals surface area contributed by atoms with Gasteiger partial charge in [0.2, 0.25) is 0 Å². The van der Waals surface area contributed by atoms with Gasteiger partial charge in [0.15, 0.2) is 0 Å². The van der Waals surface area contributed by atoms with Crippen LogP contribution in [0.2, 0.25) is 0 Å². The molecule has 0 atom stereocenters. The van der Waals surface area contributed by atoms with Crippen molar-refractivity contribution in [1.29, 1.82) is 0 Å². The molecule has 3 aromatic rings. The molecule has 114 valence electrons. The first-order chi connectivity index (χ1) is 11.3. The summed E-state index contributed by atoms with van der Waals surface area (Å²) < 4.78 is 25.2. The van der Waals surface area contributed by atoms with Gasteiger partial charge in [0, 0.05) is 0 Å². The average molecular weight is 321 g/mol. The van der Waals surface area contributed by atoms with Crippen molar-refractivity contribution >= 4 is 13.5 Å². The molecule has 0 radical (unpaired) electrons. The van der Waals surface area contributed by atoms with Crippen molar-refractivity contribution in [2.75, 3.05) is 0 Å². The van der Waals surface area contributed by atoms with Crippen LogP contribution in [-0.2, 0) is 0 Å². The van der Waals surface area contributed by atoms with E-state index in [2.05, 4.69) is 0 Å². The maximum absolute atomic E-state index is 6.30. The molecule has 0 unspecified atom stereocenters. The summed E-state index contributed by atoms with van der Waals surface area (Å²) in [6, 6.07) is 24.7. The third-order valence-electron chi connectivity index (χ3n) is 4.09. The van der Waals surface area contributed by atoms with E-state index in [-0.39, 0.29) is 0 Å². The molecule has 0 amide bonds. The van der Waals surface area contributed by atoms with Crippen LogP contribution in [0, 0.1) is 0 Å². The second-order valence-corrected chi connectivity index (χ2v) is 8.79. The second-order valence-electron chi connectivity index (χ2n) is 5.58. The van der Waals surface area contributed by atoms with E-state index >= 15 is 0 Å². The van der Waals surface area contributed by atoms with E-state index in [4.69, 9.17) is 17.7 Å². The van der Waals surface area contributed by atoms with E-state index in [0.717, 1.165) is 5.19 Å². The minimum absolute atomic E-state index is 0.637. The van der Waals surface area contributed by atoms with Crippen molar-refractivity contribution in [3.05, 3.63) is 78.9 Å². The Morgan fingerprint density at radius 1 is 0.435 bits per heavy atom. The summed E-state index contributed by atoms with van der Waals surface area (Å²) >= 11 is 0. The van der Waals surface area contributed by atoms with Crippen LogP contribution in [0.15, 0.2) is 78.9 Å². The molecule has 0 saturated carbocycles. The first-order valence-electron chi connectivity index (χ1n) is 7.45.